The average Bonchev–Trinajstić information content (AvgIpc) is 2.69. The van der Waals surface area contributed by atoms with Gasteiger partial charge in [0.15, 0.2) is 5.11 Å². The summed E-state index contributed by atoms with van der Waals surface area (Å²) >= 11 is 5.31. The summed E-state index contributed by atoms with van der Waals surface area (Å²) in [4.78, 5) is 2.49. The molecule has 0 aliphatic carbocycles. The van der Waals surface area contributed by atoms with Crippen LogP contribution < -0.4 is 15.6 Å². The summed E-state index contributed by atoms with van der Waals surface area (Å²) in [6, 6.07) is 14.8. The third-order valence-corrected chi connectivity index (χ3v) is 5.01. The van der Waals surface area contributed by atoms with Gasteiger partial charge in [0, 0.05) is 24.5 Å². The third kappa shape index (κ3) is 5.30. The Bertz CT molecular complexity index is 798. The molecule has 1 heterocycles. The van der Waals surface area contributed by atoms with Crippen LogP contribution in [0.15, 0.2) is 47.6 Å². The number of thiocarbonyl (C=S) groups is 1. The number of hydrogen-bond acceptors (Lipinski definition) is 3. The molecule has 0 amide bonds. The molecule has 142 valence electrons. The van der Waals surface area contributed by atoms with E-state index >= 15 is 0 Å². The van der Waals surface area contributed by atoms with Crippen LogP contribution in [0.5, 0.6) is 0 Å². The fraction of sp³-hybridized carbons (Fsp3) is 0.364. The van der Waals surface area contributed by atoms with Crippen molar-refractivity contribution >= 4 is 34.9 Å². The van der Waals surface area contributed by atoms with Crippen LogP contribution >= 0.6 is 12.2 Å². The number of benzene rings is 2. The summed E-state index contributed by atoms with van der Waals surface area (Å²) < 4.78 is 0. The smallest absolute Gasteiger partial charge is 0.191 e. The number of aryl methyl sites for hydroxylation is 2. The number of hydrazone groups is 1. The predicted molar refractivity (Wildman–Crippen MR) is 120 cm³/mol. The molecule has 0 aromatic heterocycles. The second-order valence-electron chi connectivity index (χ2n) is 6.85. The van der Waals surface area contributed by atoms with Gasteiger partial charge in [0.2, 0.25) is 0 Å². The van der Waals surface area contributed by atoms with Gasteiger partial charge < -0.3 is 10.2 Å². The van der Waals surface area contributed by atoms with E-state index in [1.54, 1.807) is 0 Å². The molecule has 1 aliphatic rings. The monoisotopic (exact) mass is 380 g/mol. The summed E-state index contributed by atoms with van der Waals surface area (Å²) in [6.45, 7) is 6.66. The molecule has 0 saturated carbocycles. The first-order valence-corrected chi connectivity index (χ1v) is 10.2. The summed E-state index contributed by atoms with van der Waals surface area (Å²) in [6.07, 6.45) is 6.39. The van der Waals surface area contributed by atoms with Gasteiger partial charge in [-0.25, -0.2) is 0 Å². The van der Waals surface area contributed by atoms with Crippen molar-refractivity contribution in [2.75, 3.05) is 23.3 Å². The highest BCUT2D eigenvalue weighted by atomic mass is 32.1. The van der Waals surface area contributed by atoms with E-state index < -0.39 is 0 Å². The molecule has 0 spiro atoms. The van der Waals surface area contributed by atoms with Crippen molar-refractivity contribution in [1.29, 1.82) is 0 Å². The van der Waals surface area contributed by atoms with Crippen LogP contribution in [0.1, 0.15) is 43.4 Å². The summed E-state index contributed by atoms with van der Waals surface area (Å²) in [5.74, 6) is 0. The highest BCUT2D eigenvalue weighted by Crippen LogP contribution is 2.27. The number of fused-ring (bicyclic) bond motifs is 1. The van der Waals surface area contributed by atoms with Crippen molar-refractivity contribution in [3.05, 3.63) is 59.2 Å². The lowest BCUT2D eigenvalue weighted by Gasteiger charge is -2.31. The van der Waals surface area contributed by atoms with E-state index in [0.29, 0.717) is 5.11 Å². The van der Waals surface area contributed by atoms with Gasteiger partial charge in [-0.15, -0.1) is 0 Å². The van der Waals surface area contributed by atoms with Gasteiger partial charge in [-0.1, -0.05) is 32.0 Å². The Morgan fingerprint density at radius 2 is 2.00 bits per heavy atom. The Morgan fingerprint density at radius 3 is 2.74 bits per heavy atom. The van der Waals surface area contributed by atoms with Gasteiger partial charge in [-0.05, 0) is 78.9 Å². The maximum absolute atomic E-state index is 5.31. The molecule has 5 heteroatoms. The number of nitrogens with one attached hydrogen (secondary N) is 2. The van der Waals surface area contributed by atoms with Gasteiger partial charge in [-0.2, -0.15) is 5.10 Å². The molecular formula is C22H28N4S. The molecule has 2 aromatic rings. The van der Waals surface area contributed by atoms with E-state index in [-0.39, 0.29) is 0 Å². The van der Waals surface area contributed by atoms with Crippen LogP contribution in [0.4, 0.5) is 11.4 Å². The molecule has 3 rings (SSSR count). The second-order valence-corrected chi connectivity index (χ2v) is 7.26. The highest BCUT2D eigenvalue weighted by Gasteiger charge is 2.15. The largest absolute Gasteiger partial charge is 0.371 e. The summed E-state index contributed by atoms with van der Waals surface area (Å²) in [5.41, 5.74) is 9.05. The topological polar surface area (TPSA) is 39.7 Å². The van der Waals surface area contributed by atoms with Crippen molar-refractivity contribution < 1.29 is 0 Å². The van der Waals surface area contributed by atoms with Gasteiger partial charge in [0.25, 0.3) is 0 Å². The van der Waals surface area contributed by atoms with E-state index in [0.717, 1.165) is 37.2 Å². The molecule has 0 bridgehead atoms. The number of hydrogen-bond donors (Lipinski definition) is 2. The summed E-state index contributed by atoms with van der Waals surface area (Å²) in [7, 11) is 0. The normalized spacial score (nSPS) is 13.5. The molecular weight excluding hydrogens is 352 g/mol. The first kappa shape index (κ1) is 19.4. The Balaban J connectivity index is 1.56. The fourth-order valence-corrected chi connectivity index (χ4v) is 3.60. The zero-order valence-corrected chi connectivity index (χ0v) is 17.0. The molecule has 2 N–H and O–H groups in total. The van der Waals surface area contributed by atoms with Gasteiger partial charge in [-0.3, -0.25) is 5.43 Å². The van der Waals surface area contributed by atoms with Crippen molar-refractivity contribution in [2.45, 2.75) is 39.5 Å². The molecule has 0 saturated heterocycles. The van der Waals surface area contributed by atoms with Crippen molar-refractivity contribution in [1.82, 2.24) is 5.43 Å². The quantitative estimate of drug-likeness (QED) is 0.432. The average molecular weight is 381 g/mol. The van der Waals surface area contributed by atoms with E-state index in [1.807, 2.05) is 18.3 Å². The Morgan fingerprint density at radius 1 is 1.19 bits per heavy atom. The summed E-state index contributed by atoms with van der Waals surface area (Å²) in [5, 5.41) is 7.92. The minimum Gasteiger partial charge on any atom is -0.371 e. The van der Waals surface area contributed by atoms with Gasteiger partial charge in [0.05, 0.1) is 6.21 Å². The molecule has 0 atom stereocenters. The van der Waals surface area contributed by atoms with Crippen molar-refractivity contribution in [3.63, 3.8) is 0 Å². The fourth-order valence-electron chi connectivity index (χ4n) is 3.43. The van der Waals surface area contributed by atoms with Crippen LogP contribution in [-0.4, -0.2) is 24.4 Å². The molecule has 0 fully saturated rings. The Kier molecular flexibility index (Phi) is 6.82. The third-order valence-electron chi connectivity index (χ3n) is 4.81. The number of nitrogens with zero attached hydrogens (tertiary/aromatic N) is 2. The van der Waals surface area contributed by atoms with Crippen LogP contribution in [0.3, 0.4) is 0 Å². The Hall–Kier alpha value is -2.40. The molecule has 0 radical (unpaired) electrons. The van der Waals surface area contributed by atoms with E-state index in [4.69, 9.17) is 12.2 Å². The van der Waals surface area contributed by atoms with Gasteiger partial charge >= 0.3 is 0 Å². The first-order chi connectivity index (χ1) is 13.2. The standard InChI is InChI=1S/C22H28N4S/c1-3-13-26-14-5-6-19-15-18(9-12-21(19)26)16-23-25-22(27)24-20-10-7-17(4-2)8-11-20/h7-12,15-16H,3-6,13-14H2,1-2H3,(H2,24,25,27)/b23-16-. The minimum atomic E-state index is 0.488. The van der Waals surface area contributed by atoms with Crippen LogP contribution in [-0.2, 0) is 12.8 Å². The first-order valence-electron chi connectivity index (χ1n) is 9.76. The Labute approximate surface area is 167 Å². The lowest BCUT2D eigenvalue weighted by molar-refractivity contribution is 0.681. The molecule has 0 unspecified atom stereocenters. The number of anilines is 2. The zero-order valence-electron chi connectivity index (χ0n) is 16.2. The molecule has 4 nitrogen and oxygen atoms in total. The lowest BCUT2D eigenvalue weighted by Crippen LogP contribution is -2.30. The van der Waals surface area contributed by atoms with E-state index in [1.165, 1.54) is 29.7 Å². The maximum Gasteiger partial charge on any atom is 0.191 e. The van der Waals surface area contributed by atoms with Crippen LogP contribution in [0.25, 0.3) is 0 Å². The van der Waals surface area contributed by atoms with Crippen molar-refractivity contribution in [2.24, 2.45) is 5.10 Å². The number of rotatable bonds is 6. The molecule has 2 aromatic carbocycles. The van der Waals surface area contributed by atoms with Gasteiger partial charge in [0.1, 0.15) is 0 Å². The highest BCUT2D eigenvalue weighted by molar-refractivity contribution is 7.80. The SMILES string of the molecule is CCCN1CCCc2cc(/C=N\NC(=S)Nc3ccc(CC)cc3)ccc21. The maximum atomic E-state index is 5.31. The van der Waals surface area contributed by atoms with Crippen LogP contribution in [0, 0.1) is 0 Å². The lowest BCUT2D eigenvalue weighted by atomic mass is 9.99. The van der Waals surface area contributed by atoms with Crippen LogP contribution in [0.2, 0.25) is 0 Å². The molecule has 1 aliphatic heterocycles. The zero-order chi connectivity index (χ0) is 19.1. The minimum absolute atomic E-state index is 0.488. The second kappa shape index (κ2) is 9.51. The van der Waals surface area contributed by atoms with Crippen molar-refractivity contribution in [3.8, 4) is 0 Å². The van der Waals surface area contributed by atoms with E-state index in [2.05, 4.69) is 64.9 Å². The molecule has 27 heavy (non-hydrogen) atoms. The van der Waals surface area contributed by atoms with E-state index in [9.17, 15) is 0 Å². The predicted octanol–water partition coefficient (Wildman–Crippen LogP) is 4.73.